The predicted octanol–water partition coefficient (Wildman–Crippen LogP) is 7.21. The molecule has 2 fully saturated rings. The Labute approximate surface area is 203 Å². The van der Waals surface area contributed by atoms with Crippen LogP contribution in [0.1, 0.15) is 70.3 Å². The normalized spacial score (nSPS) is 18.8. The second-order valence-electron chi connectivity index (χ2n) is 9.75. The number of rotatable bonds is 5. The molecule has 0 aliphatic heterocycles. The molecular weight excluding hydrogens is 456 g/mol. The van der Waals surface area contributed by atoms with Crippen LogP contribution in [0, 0.1) is 17.6 Å². The van der Waals surface area contributed by atoms with Crippen LogP contribution in [-0.4, -0.2) is 21.5 Å². The Hall–Kier alpha value is -2.47. The van der Waals surface area contributed by atoms with Crippen molar-refractivity contribution < 1.29 is 13.6 Å². The minimum absolute atomic E-state index is 0.00520. The monoisotopic (exact) mass is 485 g/mol. The maximum atomic E-state index is 14.4. The molecule has 1 amide bonds. The van der Waals surface area contributed by atoms with E-state index >= 15 is 0 Å². The van der Waals surface area contributed by atoms with Crippen molar-refractivity contribution in [3.8, 4) is 11.4 Å². The number of fused-ring (bicyclic) bond motifs is 1. The third-order valence-corrected chi connectivity index (χ3v) is 7.72. The Balaban J connectivity index is 1.65. The molecule has 0 unspecified atom stereocenters. The van der Waals surface area contributed by atoms with Crippen molar-refractivity contribution in [1.29, 1.82) is 0 Å². The summed E-state index contributed by atoms with van der Waals surface area (Å²) in [6, 6.07) is 8.64. The van der Waals surface area contributed by atoms with E-state index in [2.05, 4.69) is 5.32 Å². The van der Waals surface area contributed by atoms with Crippen LogP contribution in [0.25, 0.3) is 22.4 Å². The van der Waals surface area contributed by atoms with Crippen molar-refractivity contribution >= 4 is 28.5 Å². The van der Waals surface area contributed by atoms with E-state index in [1.165, 1.54) is 31.0 Å². The number of hydrogen-bond acceptors (Lipinski definition) is 2. The number of nitrogens with one attached hydrogen (secondary N) is 1. The summed E-state index contributed by atoms with van der Waals surface area (Å²) >= 11 is 6.20. The Morgan fingerprint density at radius 1 is 0.971 bits per heavy atom. The lowest BCUT2D eigenvalue weighted by Gasteiger charge is -2.33. The Morgan fingerprint density at radius 3 is 2.29 bits per heavy atom. The molecule has 2 aromatic carbocycles. The van der Waals surface area contributed by atoms with Gasteiger partial charge in [-0.3, -0.25) is 4.79 Å². The summed E-state index contributed by atoms with van der Waals surface area (Å²) in [5.41, 5.74) is 1.74. The lowest BCUT2D eigenvalue weighted by Crippen LogP contribution is -2.43. The van der Waals surface area contributed by atoms with E-state index in [0.717, 1.165) is 51.4 Å². The van der Waals surface area contributed by atoms with Crippen molar-refractivity contribution in [3.05, 3.63) is 53.1 Å². The molecule has 7 heteroatoms. The van der Waals surface area contributed by atoms with Crippen LogP contribution in [0.5, 0.6) is 0 Å². The molecule has 4 nitrogen and oxygen atoms in total. The molecule has 0 bridgehead atoms. The first kappa shape index (κ1) is 23.3. The van der Waals surface area contributed by atoms with E-state index in [0.29, 0.717) is 22.4 Å². The zero-order valence-corrected chi connectivity index (χ0v) is 20.0. The molecule has 1 N–H and O–H groups in total. The highest BCUT2D eigenvalue weighted by molar-refractivity contribution is 6.31. The molecular formula is C27H30ClF2N3O. The van der Waals surface area contributed by atoms with Gasteiger partial charge in [0.25, 0.3) is 0 Å². The minimum Gasteiger partial charge on any atom is -0.352 e. The fourth-order valence-electron chi connectivity index (χ4n) is 5.70. The highest BCUT2D eigenvalue weighted by Gasteiger charge is 2.35. The van der Waals surface area contributed by atoms with Crippen LogP contribution in [-0.2, 0) is 4.79 Å². The van der Waals surface area contributed by atoms with E-state index in [9.17, 15) is 13.6 Å². The van der Waals surface area contributed by atoms with E-state index < -0.39 is 11.9 Å². The van der Waals surface area contributed by atoms with Gasteiger partial charge in [0.2, 0.25) is 5.91 Å². The van der Waals surface area contributed by atoms with Crippen LogP contribution in [0.15, 0.2) is 36.4 Å². The molecule has 2 aliphatic rings. The number of carbonyl (C=O) groups is 1. The predicted molar refractivity (Wildman–Crippen MR) is 131 cm³/mol. The van der Waals surface area contributed by atoms with Gasteiger partial charge >= 0.3 is 0 Å². The van der Waals surface area contributed by atoms with Crippen LogP contribution in [0.4, 0.5) is 8.78 Å². The van der Waals surface area contributed by atoms with Crippen LogP contribution in [0.2, 0.25) is 5.02 Å². The molecule has 1 aromatic heterocycles. The van der Waals surface area contributed by atoms with Gasteiger partial charge < -0.3 is 9.88 Å². The number of aromatic nitrogens is 2. The molecule has 5 rings (SSSR count). The highest BCUT2D eigenvalue weighted by Crippen LogP contribution is 2.39. The lowest BCUT2D eigenvalue weighted by molar-refractivity contribution is -0.127. The van der Waals surface area contributed by atoms with Gasteiger partial charge in [-0.2, -0.15) is 0 Å². The van der Waals surface area contributed by atoms with E-state index in [-0.39, 0.29) is 28.7 Å². The first-order valence-corrected chi connectivity index (χ1v) is 12.8. The molecule has 1 atom stereocenters. The fraction of sp³-hybridized carbons (Fsp3) is 0.481. The van der Waals surface area contributed by atoms with Gasteiger partial charge in [-0.15, -0.1) is 0 Å². The summed E-state index contributed by atoms with van der Waals surface area (Å²) < 4.78 is 30.0. The summed E-state index contributed by atoms with van der Waals surface area (Å²) in [6.45, 7) is 0. The van der Waals surface area contributed by atoms with Gasteiger partial charge in [0.05, 0.1) is 16.1 Å². The maximum absolute atomic E-state index is 14.4. The number of amides is 1. The summed E-state index contributed by atoms with van der Waals surface area (Å²) in [7, 11) is 0. The van der Waals surface area contributed by atoms with Gasteiger partial charge in [0, 0.05) is 17.7 Å². The summed E-state index contributed by atoms with van der Waals surface area (Å²) in [5, 5.41) is 3.32. The first-order chi connectivity index (χ1) is 16.5. The Bertz CT molecular complexity index is 1160. The maximum Gasteiger partial charge on any atom is 0.243 e. The van der Waals surface area contributed by atoms with Gasteiger partial charge in [-0.1, -0.05) is 50.1 Å². The van der Waals surface area contributed by atoms with E-state index in [1.807, 2.05) is 4.57 Å². The van der Waals surface area contributed by atoms with Crippen molar-refractivity contribution in [2.24, 2.45) is 5.92 Å². The second kappa shape index (κ2) is 10.0. The highest BCUT2D eigenvalue weighted by atomic mass is 35.5. The van der Waals surface area contributed by atoms with Crippen molar-refractivity contribution in [3.63, 3.8) is 0 Å². The Morgan fingerprint density at radius 2 is 1.62 bits per heavy atom. The van der Waals surface area contributed by atoms with Gasteiger partial charge in [0.1, 0.15) is 23.5 Å². The van der Waals surface area contributed by atoms with Gasteiger partial charge in [-0.05, 0) is 61.9 Å². The Kier molecular flexibility index (Phi) is 6.87. The number of halogens is 3. The summed E-state index contributed by atoms with van der Waals surface area (Å²) in [6.07, 6.45) is 10.7. The van der Waals surface area contributed by atoms with Crippen LogP contribution in [0.3, 0.4) is 0 Å². The van der Waals surface area contributed by atoms with E-state index in [4.69, 9.17) is 16.6 Å². The zero-order chi connectivity index (χ0) is 23.7. The van der Waals surface area contributed by atoms with Crippen molar-refractivity contribution in [2.45, 2.75) is 76.3 Å². The quantitative estimate of drug-likeness (QED) is 0.415. The first-order valence-electron chi connectivity index (χ1n) is 12.4. The largest absolute Gasteiger partial charge is 0.352 e. The third kappa shape index (κ3) is 4.70. The molecule has 2 saturated carbocycles. The number of carbonyl (C=O) groups excluding carboxylic acids is 1. The SMILES string of the molecule is O=C(NC1CCCCC1)[C@H](C1CCCCC1)n1c(-c2ccc(F)cc2)nc2cc(F)c(Cl)cc21. The van der Waals surface area contributed by atoms with Crippen LogP contribution < -0.4 is 5.32 Å². The smallest absolute Gasteiger partial charge is 0.243 e. The molecule has 180 valence electrons. The molecule has 2 aliphatic carbocycles. The number of hydrogen-bond donors (Lipinski definition) is 1. The zero-order valence-electron chi connectivity index (χ0n) is 19.2. The van der Waals surface area contributed by atoms with Gasteiger partial charge in [-0.25, -0.2) is 13.8 Å². The minimum atomic E-state index is -0.551. The van der Waals surface area contributed by atoms with Gasteiger partial charge in [0.15, 0.2) is 0 Å². The molecule has 0 saturated heterocycles. The third-order valence-electron chi connectivity index (χ3n) is 7.43. The van der Waals surface area contributed by atoms with Crippen molar-refractivity contribution in [2.75, 3.05) is 0 Å². The average molecular weight is 486 g/mol. The summed E-state index contributed by atoms with van der Waals surface area (Å²) in [4.78, 5) is 18.6. The van der Waals surface area contributed by atoms with E-state index in [1.54, 1.807) is 18.2 Å². The second-order valence-corrected chi connectivity index (χ2v) is 10.2. The van der Waals surface area contributed by atoms with Crippen LogP contribution >= 0.6 is 11.6 Å². The van der Waals surface area contributed by atoms with Crippen molar-refractivity contribution in [1.82, 2.24) is 14.9 Å². The number of nitrogens with zero attached hydrogens (tertiary/aromatic N) is 2. The number of benzene rings is 2. The fourth-order valence-corrected chi connectivity index (χ4v) is 5.86. The standard InChI is InChI=1S/C27H30ClF2N3O/c28-21-15-24-23(16-22(21)30)32-26(18-11-13-19(29)14-12-18)33(24)25(17-7-3-1-4-8-17)27(34)31-20-9-5-2-6-10-20/h11-17,20,25H,1-10H2,(H,31,34)/t25-/m0/s1. The summed E-state index contributed by atoms with van der Waals surface area (Å²) in [5.74, 6) is -0.240. The molecule has 1 heterocycles. The molecule has 34 heavy (non-hydrogen) atoms. The molecule has 3 aromatic rings. The number of imidazole rings is 1. The molecule has 0 radical (unpaired) electrons. The lowest BCUT2D eigenvalue weighted by atomic mass is 9.82. The topological polar surface area (TPSA) is 46.9 Å². The average Bonchev–Trinajstić information content (AvgIpc) is 3.19. The molecule has 0 spiro atoms.